The molecule has 136 valence electrons. The van der Waals surface area contributed by atoms with E-state index in [-0.39, 0.29) is 30.3 Å². The van der Waals surface area contributed by atoms with E-state index in [1.165, 1.54) is 12.3 Å². The minimum Gasteiger partial charge on any atom is -0.505 e. The molecular weight excluding hydrogens is 334 g/mol. The smallest absolute Gasteiger partial charge is 0.273 e. The van der Waals surface area contributed by atoms with Crippen molar-refractivity contribution in [3.05, 3.63) is 47.9 Å². The van der Waals surface area contributed by atoms with E-state index in [2.05, 4.69) is 15.3 Å². The second-order valence-electron chi connectivity index (χ2n) is 6.10. The number of aromatic hydroxyl groups is 1. The zero-order chi connectivity index (χ0) is 18.5. The van der Waals surface area contributed by atoms with Gasteiger partial charge in [-0.15, -0.1) is 0 Å². The second kappa shape index (κ2) is 7.81. The van der Waals surface area contributed by atoms with Gasteiger partial charge >= 0.3 is 0 Å². The maximum absolute atomic E-state index is 12.5. The number of nitrogens with zero attached hydrogens (tertiary/aromatic N) is 4. The summed E-state index contributed by atoms with van der Waals surface area (Å²) in [5, 5.41) is 12.3. The minimum absolute atomic E-state index is 0.0411. The molecule has 26 heavy (non-hydrogen) atoms. The predicted molar refractivity (Wildman–Crippen MR) is 95.8 cm³/mol. The van der Waals surface area contributed by atoms with Gasteiger partial charge in [-0.25, -0.2) is 9.97 Å². The standard InChI is InChI=1S/C18H21N5O3/c1-22-10-11-23(12-13-4-2-8-20-17(13)22)15(25)6-9-21-18(26)16-14(24)5-3-7-19-16/h2-5,7-8,24H,6,9-12H2,1H3,(H,21,26). The van der Waals surface area contributed by atoms with Gasteiger partial charge in [-0.05, 0) is 18.2 Å². The van der Waals surface area contributed by atoms with Gasteiger partial charge < -0.3 is 20.2 Å². The molecule has 0 atom stereocenters. The van der Waals surface area contributed by atoms with Crippen molar-refractivity contribution in [1.29, 1.82) is 0 Å². The Labute approximate surface area is 151 Å². The summed E-state index contributed by atoms with van der Waals surface area (Å²) in [6.45, 7) is 1.98. The number of carbonyl (C=O) groups excluding carboxylic acids is 2. The van der Waals surface area contributed by atoms with Crippen LogP contribution < -0.4 is 10.2 Å². The second-order valence-corrected chi connectivity index (χ2v) is 6.10. The molecule has 8 nitrogen and oxygen atoms in total. The van der Waals surface area contributed by atoms with Crippen LogP contribution in [0.1, 0.15) is 22.5 Å². The van der Waals surface area contributed by atoms with E-state index in [0.717, 1.165) is 11.4 Å². The van der Waals surface area contributed by atoms with E-state index in [4.69, 9.17) is 0 Å². The Balaban J connectivity index is 1.56. The fourth-order valence-corrected chi connectivity index (χ4v) is 2.87. The maximum atomic E-state index is 12.5. The van der Waals surface area contributed by atoms with Gasteiger partial charge in [0.2, 0.25) is 5.91 Å². The molecule has 1 aliphatic rings. The summed E-state index contributed by atoms with van der Waals surface area (Å²) in [6.07, 6.45) is 3.35. The van der Waals surface area contributed by atoms with Crippen LogP contribution in [0.15, 0.2) is 36.7 Å². The molecule has 8 heteroatoms. The van der Waals surface area contributed by atoms with E-state index in [9.17, 15) is 14.7 Å². The van der Waals surface area contributed by atoms with Crippen molar-refractivity contribution in [2.45, 2.75) is 13.0 Å². The van der Waals surface area contributed by atoms with Crippen molar-refractivity contribution in [3.63, 3.8) is 0 Å². The molecule has 0 aliphatic carbocycles. The van der Waals surface area contributed by atoms with Crippen LogP contribution in [0, 0.1) is 0 Å². The third kappa shape index (κ3) is 3.90. The van der Waals surface area contributed by atoms with Gasteiger partial charge in [0.15, 0.2) is 5.69 Å². The molecule has 0 radical (unpaired) electrons. The van der Waals surface area contributed by atoms with Crippen molar-refractivity contribution in [2.24, 2.45) is 0 Å². The SMILES string of the molecule is CN1CCN(C(=O)CCNC(=O)c2ncccc2O)Cc2cccnc21. The number of amides is 2. The van der Waals surface area contributed by atoms with E-state index in [0.29, 0.717) is 19.6 Å². The molecule has 2 amide bonds. The van der Waals surface area contributed by atoms with Gasteiger partial charge in [0.1, 0.15) is 11.6 Å². The topological polar surface area (TPSA) is 98.7 Å². The van der Waals surface area contributed by atoms with E-state index in [1.807, 2.05) is 24.1 Å². The Hall–Kier alpha value is -3.16. The Morgan fingerprint density at radius 2 is 1.96 bits per heavy atom. The number of fused-ring (bicyclic) bond motifs is 1. The molecule has 0 spiro atoms. The molecule has 2 N–H and O–H groups in total. The number of hydrogen-bond donors (Lipinski definition) is 2. The lowest BCUT2D eigenvalue weighted by Crippen LogP contribution is -2.36. The molecule has 3 heterocycles. The van der Waals surface area contributed by atoms with Crippen LogP contribution in [0.25, 0.3) is 0 Å². The number of anilines is 1. The summed E-state index contributed by atoms with van der Waals surface area (Å²) in [4.78, 5) is 36.6. The van der Waals surface area contributed by atoms with Crippen LogP contribution in [0.2, 0.25) is 0 Å². The van der Waals surface area contributed by atoms with Crippen molar-refractivity contribution < 1.29 is 14.7 Å². The van der Waals surface area contributed by atoms with Crippen LogP contribution in [0.4, 0.5) is 5.82 Å². The van der Waals surface area contributed by atoms with Crippen LogP contribution >= 0.6 is 0 Å². The number of aromatic nitrogens is 2. The number of pyridine rings is 2. The van der Waals surface area contributed by atoms with Crippen LogP contribution in [-0.4, -0.2) is 58.5 Å². The largest absolute Gasteiger partial charge is 0.505 e. The molecule has 2 aromatic rings. The van der Waals surface area contributed by atoms with Crippen molar-refractivity contribution in [2.75, 3.05) is 31.6 Å². The Morgan fingerprint density at radius 3 is 2.77 bits per heavy atom. The fourth-order valence-electron chi connectivity index (χ4n) is 2.87. The molecule has 0 fully saturated rings. The summed E-state index contributed by atoms with van der Waals surface area (Å²) < 4.78 is 0. The molecule has 0 saturated carbocycles. The number of rotatable bonds is 4. The zero-order valence-electron chi connectivity index (χ0n) is 14.6. The molecule has 2 aromatic heterocycles. The molecular formula is C18H21N5O3. The summed E-state index contributed by atoms with van der Waals surface area (Å²) in [7, 11) is 1.96. The summed E-state index contributed by atoms with van der Waals surface area (Å²) in [5.41, 5.74) is 0.958. The highest BCUT2D eigenvalue weighted by Gasteiger charge is 2.22. The first kappa shape index (κ1) is 17.7. The van der Waals surface area contributed by atoms with Gasteiger partial charge in [-0.1, -0.05) is 6.07 Å². The lowest BCUT2D eigenvalue weighted by atomic mass is 10.2. The van der Waals surface area contributed by atoms with Gasteiger partial charge in [-0.3, -0.25) is 9.59 Å². The Morgan fingerprint density at radius 1 is 1.19 bits per heavy atom. The highest BCUT2D eigenvalue weighted by Crippen LogP contribution is 2.21. The molecule has 1 aliphatic heterocycles. The number of nitrogens with one attached hydrogen (secondary N) is 1. The first-order valence-corrected chi connectivity index (χ1v) is 8.41. The normalized spacial score (nSPS) is 13.7. The highest BCUT2D eigenvalue weighted by molar-refractivity contribution is 5.94. The van der Waals surface area contributed by atoms with Gasteiger partial charge in [0.25, 0.3) is 5.91 Å². The minimum atomic E-state index is -0.499. The van der Waals surface area contributed by atoms with Crippen molar-refractivity contribution >= 4 is 17.6 Å². The quantitative estimate of drug-likeness (QED) is 0.841. The van der Waals surface area contributed by atoms with E-state index in [1.54, 1.807) is 17.2 Å². The third-order valence-electron chi connectivity index (χ3n) is 4.27. The van der Waals surface area contributed by atoms with Crippen molar-refractivity contribution in [3.8, 4) is 5.75 Å². The monoisotopic (exact) mass is 355 g/mol. The van der Waals surface area contributed by atoms with Gasteiger partial charge in [-0.2, -0.15) is 0 Å². The number of likely N-dealkylation sites (N-methyl/N-ethyl adjacent to an activating group) is 1. The molecule has 0 aromatic carbocycles. The highest BCUT2D eigenvalue weighted by atomic mass is 16.3. The van der Waals surface area contributed by atoms with E-state index < -0.39 is 5.91 Å². The van der Waals surface area contributed by atoms with Crippen LogP contribution in [0.3, 0.4) is 0 Å². The average Bonchev–Trinajstić information content (AvgIpc) is 2.81. The van der Waals surface area contributed by atoms with Crippen LogP contribution in [-0.2, 0) is 11.3 Å². The predicted octanol–water partition coefficient (Wildman–Crippen LogP) is 0.781. The average molecular weight is 355 g/mol. The van der Waals surface area contributed by atoms with Gasteiger partial charge in [0.05, 0.1) is 0 Å². The Bertz CT molecular complexity index is 811. The number of carbonyl (C=O) groups is 2. The lowest BCUT2D eigenvalue weighted by molar-refractivity contribution is -0.131. The first-order valence-electron chi connectivity index (χ1n) is 8.41. The van der Waals surface area contributed by atoms with Crippen LogP contribution in [0.5, 0.6) is 5.75 Å². The Kier molecular flexibility index (Phi) is 5.31. The summed E-state index contributed by atoms with van der Waals surface area (Å²) >= 11 is 0. The van der Waals surface area contributed by atoms with E-state index >= 15 is 0 Å². The maximum Gasteiger partial charge on any atom is 0.273 e. The fraction of sp³-hybridized carbons (Fsp3) is 0.333. The molecule has 0 unspecified atom stereocenters. The lowest BCUT2D eigenvalue weighted by Gasteiger charge is -2.21. The first-order chi connectivity index (χ1) is 12.6. The van der Waals surface area contributed by atoms with Gasteiger partial charge in [0, 0.05) is 57.6 Å². The number of hydrogen-bond acceptors (Lipinski definition) is 6. The van der Waals surface area contributed by atoms with Crippen molar-refractivity contribution in [1.82, 2.24) is 20.2 Å². The third-order valence-corrected chi connectivity index (χ3v) is 4.27. The summed E-state index contributed by atoms with van der Waals surface area (Å²) in [5.74, 6) is 0.166. The summed E-state index contributed by atoms with van der Waals surface area (Å²) in [6, 6.07) is 6.77. The molecule has 0 bridgehead atoms. The molecule has 3 rings (SSSR count). The zero-order valence-corrected chi connectivity index (χ0v) is 14.6. The molecule has 0 saturated heterocycles.